The molecule has 2 amide bonds. The summed E-state index contributed by atoms with van der Waals surface area (Å²) in [5.41, 5.74) is 0.884. The highest BCUT2D eigenvalue weighted by atomic mass is 32.2. The first kappa shape index (κ1) is 24.3. The maximum atomic E-state index is 12.8. The average Bonchev–Trinajstić information content (AvgIpc) is 2.72. The summed E-state index contributed by atoms with van der Waals surface area (Å²) in [5.74, 6) is -0.655. The second kappa shape index (κ2) is 10.9. The summed E-state index contributed by atoms with van der Waals surface area (Å²) in [6, 6.07) is 11.4. The number of anilines is 2. The van der Waals surface area contributed by atoms with Gasteiger partial charge in [-0.2, -0.15) is 4.72 Å². The molecular formula is C21H27N3O6S. The van der Waals surface area contributed by atoms with Gasteiger partial charge < -0.3 is 20.1 Å². The molecule has 1 atom stereocenters. The first-order chi connectivity index (χ1) is 14.7. The van der Waals surface area contributed by atoms with E-state index in [9.17, 15) is 18.0 Å². The maximum Gasteiger partial charge on any atom is 0.250 e. The zero-order chi connectivity index (χ0) is 23.0. The van der Waals surface area contributed by atoms with Gasteiger partial charge >= 0.3 is 0 Å². The number of sulfonamides is 1. The van der Waals surface area contributed by atoms with Crippen molar-refractivity contribution < 1.29 is 27.5 Å². The fraction of sp³-hybridized carbons (Fsp3) is 0.333. The van der Waals surface area contributed by atoms with Gasteiger partial charge in [-0.3, -0.25) is 9.59 Å². The molecule has 168 valence electrons. The molecule has 0 aliphatic carbocycles. The molecule has 0 aromatic heterocycles. The van der Waals surface area contributed by atoms with Crippen molar-refractivity contribution in [2.75, 3.05) is 31.5 Å². The number of methoxy groups -OCH3 is 2. The van der Waals surface area contributed by atoms with Crippen LogP contribution in [0.1, 0.15) is 13.8 Å². The molecule has 0 spiro atoms. The van der Waals surface area contributed by atoms with Gasteiger partial charge in [-0.15, -0.1) is 0 Å². The summed E-state index contributed by atoms with van der Waals surface area (Å²) < 4.78 is 37.8. The molecule has 0 radical (unpaired) electrons. The number of hydrogen-bond acceptors (Lipinski definition) is 6. The molecule has 0 saturated heterocycles. The zero-order valence-corrected chi connectivity index (χ0v) is 18.7. The third-order valence-electron chi connectivity index (χ3n) is 4.29. The van der Waals surface area contributed by atoms with E-state index < -0.39 is 22.0 Å². The zero-order valence-electron chi connectivity index (χ0n) is 17.8. The first-order valence-electron chi connectivity index (χ1n) is 9.52. The van der Waals surface area contributed by atoms with Crippen LogP contribution in [0.15, 0.2) is 53.4 Å². The number of rotatable bonds is 10. The molecule has 0 bridgehead atoms. The molecule has 2 aromatic carbocycles. The minimum atomic E-state index is -3.93. The highest BCUT2D eigenvalue weighted by Gasteiger charge is 2.28. The van der Waals surface area contributed by atoms with Gasteiger partial charge in [0.05, 0.1) is 12.0 Å². The van der Waals surface area contributed by atoms with Crippen LogP contribution in [-0.2, 0) is 24.3 Å². The van der Waals surface area contributed by atoms with Crippen LogP contribution in [0.4, 0.5) is 11.4 Å². The molecule has 0 unspecified atom stereocenters. The lowest BCUT2D eigenvalue weighted by Crippen LogP contribution is -2.47. The van der Waals surface area contributed by atoms with Crippen LogP contribution in [0.2, 0.25) is 0 Å². The van der Waals surface area contributed by atoms with Crippen molar-refractivity contribution in [3.05, 3.63) is 48.5 Å². The van der Waals surface area contributed by atoms with Crippen molar-refractivity contribution in [1.29, 1.82) is 0 Å². The Balaban J connectivity index is 2.14. The average molecular weight is 450 g/mol. The lowest BCUT2D eigenvalue weighted by molar-refractivity contribution is -0.120. The summed E-state index contributed by atoms with van der Waals surface area (Å²) >= 11 is 0. The monoisotopic (exact) mass is 449 g/mol. The van der Waals surface area contributed by atoms with Crippen LogP contribution in [0.5, 0.6) is 5.75 Å². The van der Waals surface area contributed by atoms with Gasteiger partial charge in [-0.1, -0.05) is 19.9 Å². The molecule has 0 fully saturated rings. The van der Waals surface area contributed by atoms with E-state index in [0.717, 1.165) is 0 Å². The second-order valence-electron chi connectivity index (χ2n) is 7.07. The Morgan fingerprint density at radius 3 is 2.13 bits per heavy atom. The van der Waals surface area contributed by atoms with Gasteiger partial charge in [0, 0.05) is 18.5 Å². The molecule has 0 aliphatic heterocycles. The van der Waals surface area contributed by atoms with Gasteiger partial charge in [0.25, 0.3) is 0 Å². The molecule has 3 N–H and O–H groups in total. The van der Waals surface area contributed by atoms with Crippen LogP contribution >= 0.6 is 0 Å². The second-order valence-corrected chi connectivity index (χ2v) is 8.78. The summed E-state index contributed by atoms with van der Waals surface area (Å²) in [6.07, 6.45) is 0. The maximum absolute atomic E-state index is 12.8. The van der Waals surface area contributed by atoms with Gasteiger partial charge in [0.1, 0.15) is 18.4 Å². The molecular weight excluding hydrogens is 422 g/mol. The Kier molecular flexibility index (Phi) is 8.55. The summed E-state index contributed by atoms with van der Waals surface area (Å²) in [6.45, 7) is 3.38. The van der Waals surface area contributed by atoms with Gasteiger partial charge in [-0.05, 0) is 48.4 Å². The summed E-state index contributed by atoms with van der Waals surface area (Å²) in [5, 5.41) is 5.33. The van der Waals surface area contributed by atoms with Gasteiger partial charge in [-0.25, -0.2) is 8.42 Å². The highest BCUT2D eigenvalue weighted by molar-refractivity contribution is 7.89. The van der Waals surface area contributed by atoms with Crippen molar-refractivity contribution in [2.45, 2.75) is 24.8 Å². The van der Waals surface area contributed by atoms with Crippen LogP contribution in [-0.4, -0.2) is 47.1 Å². The molecule has 9 nitrogen and oxygen atoms in total. The van der Waals surface area contributed by atoms with Crippen molar-refractivity contribution in [2.24, 2.45) is 5.92 Å². The SMILES string of the molecule is COCC(=O)Nc1cccc(NC(=O)[C@@H](NS(=O)(=O)c2ccc(OC)cc2)C(C)C)c1. The lowest BCUT2D eigenvalue weighted by atomic mass is 10.0. The number of ether oxygens (including phenoxy) is 2. The Morgan fingerprint density at radius 1 is 0.968 bits per heavy atom. The number of amides is 2. The molecule has 10 heteroatoms. The van der Waals surface area contributed by atoms with E-state index in [0.29, 0.717) is 17.1 Å². The van der Waals surface area contributed by atoms with Gasteiger partial charge in [0.15, 0.2) is 0 Å². The molecule has 2 aromatic rings. The third kappa shape index (κ3) is 7.06. The number of nitrogens with one attached hydrogen (secondary N) is 3. The van der Waals surface area contributed by atoms with Crippen molar-refractivity contribution >= 4 is 33.2 Å². The Bertz CT molecular complexity index is 1010. The van der Waals surface area contributed by atoms with Gasteiger partial charge in [0.2, 0.25) is 21.8 Å². The predicted octanol–water partition coefficient (Wildman–Crippen LogP) is 2.22. The van der Waals surface area contributed by atoms with E-state index in [2.05, 4.69) is 15.4 Å². The topological polar surface area (TPSA) is 123 Å². The Morgan fingerprint density at radius 2 is 1.58 bits per heavy atom. The van der Waals surface area contributed by atoms with Crippen LogP contribution in [0.3, 0.4) is 0 Å². The fourth-order valence-corrected chi connectivity index (χ4v) is 4.05. The molecule has 31 heavy (non-hydrogen) atoms. The number of hydrogen-bond donors (Lipinski definition) is 3. The third-order valence-corrected chi connectivity index (χ3v) is 5.75. The van der Waals surface area contributed by atoms with E-state index in [1.54, 1.807) is 38.1 Å². The quantitative estimate of drug-likeness (QED) is 0.511. The lowest BCUT2D eigenvalue weighted by Gasteiger charge is -2.22. The van der Waals surface area contributed by atoms with E-state index in [1.165, 1.54) is 38.5 Å². The smallest absolute Gasteiger partial charge is 0.250 e. The number of carbonyl (C=O) groups is 2. The van der Waals surface area contributed by atoms with E-state index in [4.69, 9.17) is 9.47 Å². The normalized spacial score (nSPS) is 12.3. The largest absolute Gasteiger partial charge is 0.497 e. The first-order valence-corrected chi connectivity index (χ1v) is 11.0. The number of carbonyl (C=O) groups excluding carboxylic acids is 2. The van der Waals surface area contributed by atoms with Crippen molar-refractivity contribution in [1.82, 2.24) is 4.72 Å². The van der Waals surface area contributed by atoms with Crippen LogP contribution in [0.25, 0.3) is 0 Å². The van der Waals surface area contributed by atoms with Crippen LogP contribution in [0, 0.1) is 5.92 Å². The minimum Gasteiger partial charge on any atom is -0.497 e. The van der Waals surface area contributed by atoms with E-state index in [-0.39, 0.29) is 23.3 Å². The Hall–Kier alpha value is -2.95. The van der Waals surface area contributed by atoms with Crippen molar-refractivity contribution in [3.63, 3.8) is 0 Å². The standard InChI is InChI=1S/C21H27N3O6S/c1-14(2)20(24-31(27,28)18-10-8-17(30-4)9-11-18)21(26)23-16-7-5-6-15(12-16)22-19(25)13-29-3/h5-12,14,20,24H,13H2,1-4H3,(H,22,25)(H,23,26)/t20-/m0/s1. The van der Waals surface area contributed by atoms with E-state index >= 15 is 0 Å². The molecule has 0 heterocycles. The molecule has 0 saturated carbocycles. The number of benzene rings is 2. The molecule has 2 rings (SSSR count). The Labute approximate surface area is 182 Å². The molecule has 0 aliphatic rings. The van der Waals surface area contributed by atoms with Crippen molar-refractivity contribution in [3.8, 4) is 5.75 Å². The van der Waals surface area contributed by atoms with E-state index in [1.807, 2.05) is 0 Å². The summed E-state index contributed by atoms with van der Waals surface area (Å²) in [7, 11) is -1.04. The fourth-order valence-electron chi connectivity index (χ4n) is 2.71. The minimum absolute atomic E-state index is 0.0228. The summed E-state index contributed by atoms with van der Waals surface area (Å²) in [4.78, 5) is 24.5. The van der Waals surface area contributed by atoms with Crippen LogP contribution < -0.4 is 20.1 Å². The highest BCUT2D eigenvalue weighted by Crippen LogP contribution is 2.19. The predicted molar refractivity (Wildman–Crippen MR) is 118 cm³/mol.